The molecule has 1 amide bonds. The number of benzene rings is 2. The Hall–Kier alpha value is -3.71. The summed E-state index contributed by atoms with van der Waals surface area (Å²) in [5.41, 5.74) is 6.49. The van der Waals surface area contributed by atoms with Crippen LogP contribution >= 0.6 is 0 Å². The number of aliphatic hydroxyl groups is 1. The normalized spacial score (nSPS) is 12.0. The first-order chi connectivity index (χ1) is 14.4. The number of aryl methyl sites for hydroxylation is 1. The van der Waals surface area contributed by atoms with Gasteiger partial charge >= 0.3 is 5.97 Å². The summed E-state index contributed by atoms with van der Waals surface area (Å²) in [5, 5.41) is 14.1. The first kappa shape index (κ1) is 21.0. The van der Waals surface area contributed by atoms with E-state index < -0.39 is 18.0 Å². The van der Waals surface area contributed by atoms with Crippen molar-refractivity contribution in [1.82, 2.24) is 9.99 Å². The van der Waals surface area contributed by atoms with Crippen LogP contribution in [0.1, 0.15) is 39.0 Å². The topological polar surface area (TPSA) is 92.9 Å². The van der Waals surface area contributed by atoms with Crippen LogP contribution in [-0.4, -0.2) is 34.9 Å². The zero-order chi connectivity index (χ0) is 21.7. The van der Waals surface area contributed by atoms with Crippen LogP contribution in [0.4, 0.5) is 0 Å². The third kappa shape index (κ3) is 4.31. The Kier molecular flexibility index (Phi) is 6.44. The fourth-order valence-electron chi connectivity index (χ4n) is 3.25. The summed E-state index contributed by atoms with van der Waals surface area (Å²) in [6.07, 6.45) is 0.206. The smallest absolute Gasteiger partial charge is 0.339 e. The predicted octanol–water partition coefficient (Wildman–Crippen LogP) is 3.06. The molecule has 0 spiro atoms. The lowest BCUT2D eigenvalue weighted by molar-refractivity contribution is -0.129. The van der Waals surface area contributed by atoms with Crippen molar-refractivity contribution >= 4 is 18.1 Å². The number of carbonyl (C=O) groups is 2. The number of aliphatic hydroxyl groups excluding tert-OH is 1. The molecule has 7 heteroatoms. The zero-order valence-corrected chi connectivity index (χ0v) is 17.0. The van der Waals surface area contributed by atoms with Crippen LogP contribution in [0.3, 0.4) is 0 Å². The average molecular weight is 405 g/mol. The Labute approximate surface area is 174 Å². The molecule has 0 radical (unpaired) electrons. The van der Waals surface area contributed by atoms with Gasteiger partial charge in [0.1, 0.15) is 0 Å². The van der Waals surface area contributed by atoms with Crippen molar-refractivity contribution in [3.05, 3.63) is 88.7 Å². The Morgan fingerprint density at radius 3 is 2.47 bits per heavy atom. The van der Waals surface area contributed by atoms with E-state index in [1.54, 1.807) is 42.5 Å². The van der Waals surface area contributed by atoms with Gasteiger partial charge in [0, 0.05) is 17.0 Å². The highest BCUT2D eigenvalue weighted by molar-refractivity contribution is 5.94. The minimum atomic E-state index is -1.30. The van der Waals surface area contributed by atoms with Crippen molar-refractivity contribution in [2.45, 2.75) is 20.0 Å². The molecule has 0 bridgehead atoms. The number of carbonyl (C=O) groups excluding carboxylic acids is 2. The first-order valence-corrected chi connectivity index (χ1v) is 9.36. The monoisotopic (exact) mass is 405 g/mol. The highest BCUT2D eigenvalue weighted by Gasteiger charge is 2.18. The fourth-order valence-corrected chi connectivity index (χ4v) is 3.25. The Bertz CT molecular complexity index is 1090. The van der Waals surface area contributed by atoms with Crippen molar-refractivity contribution in [2.24, 2.45) is 5.10 Å². The lowest BCUT2D eigenvalue weighted by Crippen LogP contribution is -2.25. The van der Waals surface area contributed by atoms with Crippen molar-refractivity contribution < 1.29 is 19.4 Å². The SMILES string of the molecule is COC(=O)c1ccccc1-n1c(C)cc(/C=N\NC(=O)[C@H](O)c2ccccc2)c1C. The Morgan fingerprint density at radius 2 is 1.77 bits per heavy atom. The Balaban J connectivity index is 1.82. The molecule has 0 unspecified atom stereocenters. The second kappa shape index (κ2) is 9.19. The van der Waals surface area contributed by atoms with Gasteiger partial charge in [-0.1, -0.05) is 42.5 Å². The van der Waals surface area contributed by atoms with E-state index in [2.05, 4.69) is 10.5 Å². The van der Waals surface area contributed by atoms with Gasteiger partial charge in [0.05, 0.1) is 24.6 Å². The number of para-hydroxylation sites is 1. The van der Waals surface area contributed by atoms with Crippen molar-refractivity contribution in [3.8, 4) is 5.69 Å². The summed E-state index contributed by atoms with van der Waals surface area (Å²) < 4.78 is 6.81. The molecular formula is C23H23N3O4. The lowest BCUT2D eigenvalue weighted by atomic mass is 10.1. The van der Waals surface area contributed by atoms with Gasteiger partial charge in [0.25, 0.3) is 5.91 Å². The number of methoxy groups -OCH3 is 1. The molecule has 0 aliphatic carbocycles. The summed E-state index contributed by atoms with van der Waals surface area (Å²) in [4.78, 5) is 24.3. The first-order valence-electron chi connectivity index (χ1n) is 9.36. The number of hydrogen-bond acceptors (Lipinski definition) is 5. The number of esters is 1. The summed E-state index contributed by atoms with van der Waals surface area (Å²) in [5.74, 6) is -1.04. The van der Waals surface area contributed by atoms with Gasteiger partial charge in [-0.3, -0.25) is 4.79 Å². The van der Waals surface area contributed by atoms with Gasteiger partial charge < -0.3 is 14.4 Å². The lowest BCUT2D eigenvalue weighted by Gasteiger charge is -2.13. The largest absolute Gasteiger partial charge is 0.465 e. The molecule has 1 atom stereocenters. The van der Waals surface area contributed by atoms with Crippen LogP contribution in [0.15, 0.2) is 65.8 Å². The second-order valence-electron chi connectivity index (χ2n) is 6.72. The number of nitrogens with zero attached hydrogens (tertiary/aromatic N) is 2. The van der Waals surface area contributed by atoms with E-state index in [4.69, 9.17) is 4.74 Å². The second-order valence-corrected chi connectivity index (χ2v) is 6.72. The van der Waals surface area contributed by atoms with Crippen molar-refractivity contribution in [3.63, 3.8) is 0 Å². The third-order valence-electron chi connectivity index (χ3n) is 4.76. The molecular weight excluding hydrogens is 382 g/mol. The number of ether oxygens (including phenoxy) is 1. The maximum absolute atomic E-state index is 12.1. The maximum Gasteiger partial charge on any atom is 0.339 e. The van der Waals surface area contributed by atoms with E-state index in [9.17, 15) is 14.7 Å². The standard InChI is InChI=1S/C23H23N3O4/c1-15-13-18(14-24-25-22(28)21(27)17-9-5-4-6-10-17)16(2)26(15)20-12-8-7-11-19(20)23(29)30-3/h4-14,21,27H,1-3H3,(H,25,28)/b24-14-/t21-/m1/s1. The van der Waals surface area contributed by atoms with Crippen molar-refractivity contribution in [2.75, 3.05) is 7.11 Å². The van der Waals surface area contributed by atoms with Crippen LogP contribution in [0, 0.1) is 13.8 Å². The molecule has 2 aromatic carbocycles. The van der Waals surface area contributed by atoms with E-state index in [-0.39, 0.29) is 0 Å². The van der Waals surface area contributed by atoms with Crippen LogP contribution in [0.25, 0.3) is 5.69 Å². The number of amides is 1. The minimum Gasteiger partial charge on any atom is -0.465 e. The molecule has 0 saturated heterocycles. The van der Waals surface area contributed by atoms with E-state index in [1.807, 2.05) is 36.6 Å². The third-order valence-corrected chi connectivity index (χ3v) is 4.76. The molecule has 30 heavy (non-hydrogen) atoms. The molecule has 154 valence electrons. The van der Waals surface area contributed by atoms with Crippen molar-refractivity contribution in [1.29, 1.82) is 0 Å². The summed E-state index contributed by atoms with van der Waals surface area (Å²) in [7, 11) is 1.35. The molecule has 3 rings (SSSR count). The number of nitrogens with one attached hydrogen (secondary N) is 1. The summed E-state index contributed by atoms with van der Waals surface area (Å²) in [6.45, 7) is 3.80. The molecule has 0 fully saturated rings. The quantitative estimate of drug-likeness (QED) is 0.374. The number of hydrazone groups is 1. The number of rotatable bonds is 6. The van der Waals surface area contributed by atoms with E-state index in [0.717, 1.165) is 17.0 Å². The fraction of sp³-hybridized carbons (Fsp3) is 0.174. The van der Waals surface area contributed by atoms with E-state index in [0.29, 0.717) is 16.8 Å². The van der Waals surface area contributed by atoms with Crippen LogP contribution < -0.4 is 5.43 Å². The average Bonchev–Trinajstić information content (AvgIpc) is 3.06. The van der Waals surface area contributed by atoms with Gasteiger partial charge in [-0.05, 0) is 37.6 Å². The molecule has 1 heterocycles. The predicted molar refractivity (Wildman–Crippen MR) is 114 cm³/mol. The molecule has 2 N–H and O–H groups in total. The summed E-state index contributed by atoms with van der Waals surface area (Å²) in [6, 6.07) is 17.7. The molecule has 7 nitrogen and oxygen atoms in total. The van der Waals surface area contributed by atoms with Gasteiger partial charge in [0.15, 0.2) is 6.10 Å². The molecule has 0 saturated carbocycles. The van der Waals surface area contributed by atoms with Gasteiger partial charge in [-0.15, -0.1) is 0 Å². The number of hydrogen-bond donors (Lipinski definition) is 2. The molecule has 0 aliphatic heterocycles. The molecule has 1 aromatic heterocycles. The van der Waals surface area contributed by atoms with Gasteiger partial charge in [-0.25, -0.2) is 10.2 Å². The van der Waals surface area contributed by atoms with Crippen LogP contribution in [0.5, 0.6) is 0 Å². The number of aromatic nitrogens is 1. The van der Waals surface area contributed by atoms with Crippen LogP contribution in [0.2, 0.25) is 0 Å². The molecule has 3 aromatic rings. The highest BCUT2D eigenvalue weighted by Crippen LogP contribution is 2.23. The highest BCUT2D eigenvalue weighted by atomic mass is 16.5. The van der Waals surface area contributed by atoms with Crippen LogP contribution in [-0.2, 0) is 9.53 Å². The minimum absolute atomic E-state index is 0.421. The Morgan fingerprint density at radius 1 is 1.10 bits per heavy atom. The summed E-state index contributed by atoms with van der Waals surface area (Å²) >= 11 is 0. The van der Waals surface area contributed by atoms with Gasteiger partial charge in [-0.2, -0.15) is 5.10 Å². The van der Waals surface area contributed by atoms with Gasteiger partial charge in [0.2, 0.25) is 0 Å². The van der Waals surface area contributed by atoms with E-state index >= 15 is 0 Å². The molecule has 0 aliphatic rings. The maximum atomic E-state index is 12.1. The zero-order valence-electron chi connectivity index (χ0n) is 17.0. The van der Waals surface area contributed by atoms with E-state index in [1.165, 1.54) is 13.3 Å².